The minimum Gasteiger partial charge on any atom is -0.481 e. The Balaban J connectivity index is 1.96. The van der Waals surface area contributed by atoms with Crippen molar-refractivity contribution in [2.45, 2.75) is 12.8 Å². The van der Waals surface area contributed by atoms with E-state index in [0.29, 0.717) is 6.54 Å². The Kier molecular flexibility index (Phi) is 2.96. The molecule has 2 heterocycles. The molecule has 0 aromatic carbocycles. The van der Waals surface area contributed by atoms with Gasteiger partial charge in [-0.2, -0.15) is 0 Å². The molecule has 78 valence electrons. The number of aliphatic carboxylic acids is 1. The van der Waals surface area contributed by atoms with Gasteiger partial charge in [0.2, 0.25) is 0 Å². The average Bonchev–Trinajstić information content (AvgIpc) is 2.71. The van der Waals surface area contributed by atoms with Crippen molar-refractivity contribution in [2.24, 2.45) is 10.9 Å². The zero-order valence-electron chi connectivity index (χ0n) is 7.98. The molecule has 0 saturated carbocycles. The third-order valence-electron chi connectivity index (χ3n) is 2.61. The van der Waals surface area contributed by atoms with Crippen LogP contribution in [0.2, 0.25) is 0 Å². The molecule has 0 aromatic rings. The lowest BCUT2D eigenvalue weighted by Gasteiger charge is -2.31. The molecule has 5 heteroatoms. The quantitative estimate of drug-likeness (QED) is 0.704. The molecule has 1 unspecified atom stereocenters. The van der Waals surface area contributed by atoms with Crippen molar-refractivity contribution in [3.8, 4) is 0 Å². The summed E-state index contributed by atoms with van der Waals surface area (Å²) in [7, 11) is 0. The number of rotatable bonds is 1. The van der Waals surface area contributed by atoms with Crippen molar-refractivity contribution in [3.05, 3.63) is 0 Å². The van der Waals surface area contributed by atoms with Crippen LogP contribution in [0, 0.1) is 5.92 Å². The summed E-state index contributed by atoms with van der Waals surface area (Å²) in [6.07, 6.45) is 1.78. The number of aliphatic imine (C=N–C) groups is 1. The third-order valence-corrected chi connectivity index (χ3v) is 3.64. The number of carboxylic acid groups (broad SMARTS) is 1. The first kappa shape index (κ1) is 9.83. The van der Waals surface area contributed by atoms with Gasteiger partial charge in [0.1, 0.15) is 0 Å². The highest BCUT2D eigenvalue weighted by atomic mass is 32.2. The molecule has 1 N–H and O–H groups in total. The van der Waals surface area contributed by atoms with E-state index in [-0.39, 0.29) is 5.92 Å². The number of carboxylic acids is 1. The van der Waals surface area contributed by atoms with Crippen LogP contribution in [-0.4, -0.2) is 46.5 Å². The lowest BCUT2D eigenvalue weighted by molar-refractivity contribution is -0.143. The van der Waals surface area contributed by atoms with Crippen molar-refractivity contribution >= 4 is 22.9 Å². The first-order chi connectivity index (χ1) is 6.77. The standard InChI is InChI=1S/C9H14N2O2S/c12-8(13)7-2-1-4-11(6-7)9-10-3-5-14-9/h7H,1-6H2,(H,12,13). The van der Waals surface area contributed by atoms with Gasteiger partial charge >= 0.3 is 5.97 Å². The number of thioether (sulfide) groups is 1. The van der Waals surface area contributed by atoms with E-state index < -0.39 is 5.97 Å². The minimum absolute atomic E-state index is 0.201. The molecule has 0 radical (unpaired) electrons. The van der Waals surface area contributed by atoms with E-state index >= 15 is 0 Å². The molecule has 2 rings (SSSR count). The predicted molar refractivity (Wildman–Crippen MR) is 56.7 cm³/mol. The van der Waals surface area contributed by atoms with E-state index in [9.17, 15) is 4.79 Å². The van der Waals surface area contributed by atoms with E-state index in [0.717, 1.165) is 36.9 Å². The Morgan fingerprint density at radius 2 is 2.50 bits per heavy atom. The summed E-state index contributed by atoms with van der Waals surface area (Å²) in [5.74, 6) is 0.176. The second-order valence-electron chi connectivity index (χ2n) is 3.64. The van der Waals surface area contributed by atoms with Gasteiger partial charge in [0, 0.05) is 18.8 Å². The minimum atomic E-state index is -0.668. The van der Waals surface area contributed by atoms with Gasteiger partial charge in [-0.1, -0.05) is 11.8 Å². The third kappa shape index (κ3) is 2.03. The Morgan fingerprint density at radius 3 is 3.14 bits per heavy atom. The number of amidine groups is 1. The fourth-order valence-electron chi connectivity index (χ4n) is 1.87. The molecule has 14 heavy (non-hydrogen) atoms. The molecule has 0 spiro atoms. The number of carbonyl (C=O) groups is 1. The fraction of sp³-hybridized carbons (Fsp3) is 0.778. The first-order valence-corrected chi connectivity index (χ1v) is 5.91. The average molecular weight is 214 g/mol. The molecule has 0 aliphatic carbocycles. The number of hydrogen-bond donors (Lipinski definition) is 1. The number of likely N-dealkylation sites (tertiary alicyclic amines) is 1. The number of hydrogen-bond acceptors (Lipinski definition) is 4. The summed E-state index contributed by atoms with van der Waals surface area (Å²) >= 11 is 1.75. The summed E-state index contributed by atoms with van der Waals surface area (Å²) in [5, 5.41) is 9.98. The SMILES string of the molecule is O=C(O)C1CCCN(C2=NCCS2)C1. The van der Waals surface area contributed by atoms with E-state index in [1.54, 1.807) is 11.8 Å². The van der Waals surface area contributed by atoms with Crippen LogP contribution in [0.3, 0.4) is 0 Å². The summed E-state index contributed by atoms with van der Waals surface area (Å²) in [6, 6.07) is 0. The molecule has 1 fully saturated rings. The van der Waals surface area contributed by atoms with Crippen LogP contribution in [0.1, 0.15) is 12.8 Å². The summed E-state index contributed by atoms with van der Waals surface area (Å²) in [6.45, 7) is 2.49. The van der Waals surface area contributed by atoms with Crippen LogP contribution in [-0.2, 0) is 4.79 Å². The van der Waals surface area contributed by atoms with Gasteiger partial charge in [-0.15, -0.1) is 0 Å². The molecule has 0 aromatic heterocycles. The van der Waals surface area contributed by atoms with Gasteiger partial charge in [0.15, 0.2) is 5.17 Å². The van der Waals surface area contributed by atoms with Gasteiger partial charge in [-0.05, 0) is 12.8 Å². The normalized spacial score (nSPS) is 27.6. The van der Waals surface area contributed by atoms with Gasteiger partial charge in [-0.3, -0.25) is 9.79 Å². The Bertz CT molecular complexity index is 268. The van der Waals surface area contributed by atoms with Crippen LogP contribution in [0.5, 0.6) is 0 Å². The summed E-state index contributed by atoms with van der Waals surface area (Å²) in [5.41, 5.74) is 0. The van der Waals surface area contributed by atoms with Gasteiger partial charge in [-0.25, -0.2) is 0 Å². The predicted octanol–water partition coefficient (Wildman–Crippen LogP) is 0.886. The lowest BCUT2D eigenvalue weighted by Crippen LogP contribution is -2.40. The topological polar surface area (TPSA) is 52.9 Å². The molecule has 4 nitrogen and oxygen atoms in total. The Morgan fingerprint density at radius 1 is 1.64 bits per heavy atom. The zero-order chi connectivity index (χ0) is 9.97. The second kappa shape index (κ2) is 4.21. The lowest BCUT2D eigenvalue weighted by atomic mass is 9.99. The molecular weight excluding hydrogens is 200 g/mol. The van der Waals surface area contributed by atoms with Crippen molar-refractivity contribution < 1.29 is 9.90 Å². The fourth-order valence-corrected chi connectivity index (χ4v) is 2.76. The molecule has 2 aliphatic rings. The molecule has 0 amide bonds. The molecule has 0 bridgehead atoms. The maximum Gasteiger partial charge on any atom is 0.308 e. The van der Waals surface area contributed by atoms with Crippen LogP contribution >= 0.6 is 11.8 Å². The highest BCUT2D eigenvalue weighted by molar-refractivity contribution is 8.14. The molecule has 2 aliphatic heterocycles. The molecule has 1 atom stereocenters. The maximum atomic E-state index is 10.8. The van der Waals surface area contributed by atoms with Crippen LogP contribution in [0.25, 0.3) is 0 Å². The number of nitrogens with zero attached hydrogens (tertiary/aromatic N) is 2. The van der Waals surface area contributed by atoms with Crippen LogP contribution in [0.4, 0.5) is 0 Å². The maximum absolute atomic E-state index is 10.8. The van der Waals surface area contributed by atoms with Crippen molar-refractivity contribution in [1.82, 2.24) is 4.90 Å². The van der Waals surface area contributed by atoms with Crippen molar-refractivity contribution in [2.75, 3.05) is 25.4 Å². The Hall–Kier alpha value is -0.710. The Labute approximate surface area is 87.4 Å². The van der Waals surface area contributed by atoms with E-state index in [1.807, 2.05) is 0 Å². The first-order valence-electron chi connectivity index (χ1n) is 4.92. The van der Waals surface area contributed by atoms with E-state index in [1.165, 1.54) is 0 Å². The van der Waals surface area contributed by atoms with Gasteiger partial charge in [0.05, 0.1) is 12.5 Å². The van der Waals surface area contributed by atoms with Gasteiger partial charge in [0.25, 0.3) is 0 Å². The zero-order valence-corrected chi connectivity index (χ0v) is 8.79. The van der Waals surface area contributed by atoms with E-state index in [2.05, 4.69) is 9.89 Å². The van der Waals surface area contributed by atoms with Crippen molar-refractivity contribution in [3.63, 3.8) is 0 Å². The van der Waals surface area contributed by atoms with Crippen LogP contribution in [0.15, 0.2) is 4.99 Å². The largest absolute Gasteiger partial charge is 0.481 e. The summed E-state index contributed by atoms with van der Waals surface area (Å²) < 4.78 is 0. The smallest absolute Gasteiger partial charge is 0.308 e. The van der Waals surface area contributed by atoms with Crippen molar-refractivity contribution in [1.29, 1.82) is 0 Å². The van der Waals surface area contributed by atoms with Gasteiger partial charge < -0.3 is 10.0 Å². The van der Waals surface area contributed by atoms with Crippen LogP contribution < -0.4 is 0 Å². The second-order valence-corrected chi connectivity index (χ2v) is 4.70. The number of piperidine rings is 1. The summed E-state index contributed by atoms with van der Waals surface area (Å²) in [4.78, 5) is 17.3. The molecule has 1 saturated heterocycles. The highest BCUT2D eigenvalue weighted by Crippen LogP contribution is 2.22. The highest BCUT2D eigenvalue weighted by Gasteiger charge is 2.28. The monoisotopic (exact) mass is 214 g/mol. The molecular formula is C9H14N2O2S. The van der Waals surface area contributed by atoms with E-state index in [4.69, 9.17) is 5.11 Å².